The molecule has 4 aromatic rings. The summed E-state index contributed by atoms with van der Waals surface area (Å²) in [6.07, 6.45) is 6.14. The number of fused-ring (bicyclic) bond motifs is 5. The van der Waals surface area contributed by atoms with Crippen molar-refractivity contribution >= 4 is 32.9 Å². The van der Waals surface area contributed by atoms with Crippen molar-refractivity contribution in [1.29, 1.82) is 0 Å². The molecule has 46 heavy (non-hydrogen) atoms. The lowest BCUT2D eigenvalue weighted by Gasteiger charge is -2.24. The number of hydrogen-bond donors (Lipinski definition) is 2. The molecular formula is C34H42N6O5S. The third kappa shape index (κ3) is 6.03. The fraction of sp³-hybridized carbons (Fsp3) is 0.441. The zero-order valence-electron chi connectivity index (χ0n) is 27.1. The summed E-state index contributed by atoms with van der Waals surface area (Å²) in [6.45, 7) is 2.68. The van der Waals surface area contributed by atoms with Gasteiger partial charge in [-0.3, -0.25) is 14.3 Å². The monoisotopic (exact) mass is 646 g/mol. The lowest BCUT2D eigenvalue weighted by atomic mass is 9.81. The van der Waals surface area contributed by atoms with Crippen LogP contribution < -0.4 is 14.8 Å². The van der Waals surface area contributed by atoms with E-state index in [0.29, 0.717) is 25.4 Å². The van der Waals surface area contributed by atoms with Gasteiger partial charge in [0.1, 0.15) is 5.75 Å². The zero-order valence-corrected chi connectivity index (χ0v) is 27.9. The number of ether oxygens (including phenoxy) is 1. The molecule has 12 heteroatoms. The van der Waals surface area contributed by atoms with Crippen LogP contribution in [-0.2, 0) is 41.6 Å². The van der Waals surface area contributed by atoms with Crippen molar-refractivity contribution in [1.82, 2.24) is 28.7 Å². The second-order valence-electron chi connectivity index (χ2n) is 12.7. The van der Waals surface area contributed by atoms with Gasteiger partial charge in [-0.25, -0.2) is 4.72 Å². The molecule has 3 heterocycles. The fourth-order valence-electron chi connectivity index (χ4n) is 7.04. The van der Waals surface area contributed by atoms with Crippen molar-refractivity contribution in [2.45, 2.75) is 64.5 Å². The molecule has 1 unspecified atom stereocenters. The van der Waals surface area contributed by atoms with Crippen LogP contribution in [0.15, 0.2) is 42.5 Å². The van der Waals surface area contributed by atoms with Crippen LogP contribution in [0.4, 0.5) is 0 Å². The molecule has 244 valence electrons. The van der Waals surface area contributed by atoms with Crippen LogP contribution in [-0.4, -0.2) is 60.1 Å². The Hall–Kier alpha value is -4.16. The van der Waals surface area contributed by atoms with Crippen molar-refractivity contribution in [2.24, 2.45) is 13.0 Å². The second kappa shape index (κ2) is 12.6. The second-order valence-corrected chi connectivity index (χ2v) is 14.6. The van der Waals surface area contributed by atoms with Crippen molar-refractivity contribution < 1.29 is 22.7 Å². The number of nitrogens with zero attached hydrogens (tertiary/aromatic N) is 4. The van der Waals surface area contributed by atoms with Gasteiger partial charge in [-0.1, -0.05) is 25.3 Å². The minimum absolute atomic E-state index is 0.0764. The maximum atomic E-state index is 13.9. The molecule has 2 amide bonds. The molecule has 2 aromatic carbocycles. The van der Waals surface area contributed by atoms with E-state index < -0.39 is 22.0 Å². The van der Waals surface area contributed by atoms with E-state index in [1.54, 1.807) is 23.9 Å². The van der Waals surface area contributed by atoms with E-state index >= 15 is 0 Å². The highest BCUT2D eigenvalue weighted by molar-refractivity contribution is 7.87. The molecule has 1 aliphatic carbocycles. The molecule has 2 N–H and O–H groups in total. The Kier molecular flexibility index (Phi) is 8.68. The van der Waals surface area contributed by atoms with Gasteiger partial charge in [-0.2, -0.15) is 17.8 Å². The third-order valence-corrected chi connectivity index (χ3v) is 10.8. The number of benzene rings is 2. The van der Waals surface area contributed by atoms with Gasteiger partial charge in [0.25, 0.3) is 5.91 Å². The molecule has 6 rings (SSSR count). The van der Waals surface area contributed by atoms with E-state index in [0.717, 1.165) is 74.8 Å². The van der Waals surface area contributed by atoms with Gasteiger partial charge in [0.2, 0.25) is 5.91 Å². The number of nitrogens with one attached hydrogen (secondary N) is 2. The summed E-state index contributed by atoms with van der Waals surface area (Å²) in [5.74, 6) is -0.136. The highest BCUT2D eigenvalue weighted by Crippen LogP contribution is 2.47. The van der Waals surface area contributed by atoms with Gasteiger partial charge in [0.15, 0.2) is 0 Å². The molecular weight excluding hydrogens is 604 g/mol. The van der Waals surface area contributed by atoms with E-state index in [1.807, 2.05) is 38.2 Å². The first-order chi connectivity index (χ1) is 22.0. The maximum Gasteiger partial charge on any atom is 0.303 e. The first kappa shape index (κ1) is 31.8. The summed E-state index contributed by atoms with van der Waals surface area (Å²) in [7, 11) is 2.28. The molecule has 1 aliphatic heterocycles. The summed E-state index contributed by atoms with van der Waals surface area (Å²) < 4.78 is 37.7. The minimum Gasteiger partial charge on any atom is -0.497 e. The highest BCUT2D eigenvalue weighted by Gasteiger charge is 2.33. The summed E-state index contributed by atoms with van der Waals surface area (Å²) in [6, 6.07) is 13.5. The van der Waals surface area contributed by atoms with Crippen molar-refractivity contribution in [2.75, 3.05) is 21.2 Å². The van der Waals surface area contributed by atoms with Crippen LogP contribution >= 0.6 is 0 Å². The molecule has 0 radical (unpaired) electrons. The molecule has 0 saturated heterocycles. The van der Waals surface area contributed by atoms with Crippen LogP contribution in [0.5, 0.6) is 5.75 Å². The van der Waals surface area contributed by atoms with Gasteiger partial charge in [-0.15, -0.1) is 0 Å². The Bertz CT molecular complexity index is 1920. The largest absolute Gasteiger partial charge is 0.497 e. The molecule has 2 aliphatic rings. The zero-order chi connectivity index (χ0) is 32.7. The Morgan fingerprint density at radius 1 is 1.07 bits per heavy atom. The average molecular weight is 647 g/mol. The number of aromatic nitrogens is 3. The summed E-state index contributed by atoms with van der Waals surface area (Å²) in [5.41, 5.74) is 7.24. The Morgan fingerprint density at radius 2 is 1.83 bits per heavy atom. The van der Waals surface area contributed by atoms with Crippen molar-refractivity contribution in [3.63, 3.8) is 0 Å². The molecule has 0 bridgehead atoms. The number of carbonyl (C=O) groups is 2. The van der Waals surface area contributed by atoms with Crippen LogP contribution in [0.3, 0.4) is 0 Å². The standard InChI is InChI=1S/C34H42N6O5S/c1-21-15-26(39(4)36-21)19-35-33(41)25-16-24-17-27(45-5)12-14-28(24)32-31(22-9-7-6-8-10-22)29-13-11-23(18-30(29)40(32)20-25)34(42)37-46(43,44)38(2)3/h11-15,17-18,22,25H,6-10,16,19-20H2,1-5H3,(H,35,41)(H,37,42). The summed E-state index contributed by atoms with van der Waals surface area (Å²) in [4.78, 5) is 27.2. The Labute approximate surface area is 270 Å². The number of aryl methyl sites for hydroxylation is 2. The van der Waals surface area contributed by atoms with E-state index in [1.165, 1.54) is 26.1 Å². The van der Waals surface area contributed by atoms with E-state index in [2.05, 4.69) is 25.8 Å². The highest BCUT2D eigenvalue weighted by atomic mass is 32.2. The molecule has 1 atom stereocenters. The van der Waals surface area contributed by atoms with Gasteiger partial charge in [0, 0.05) is 49.7 Å². The number of amides is 2. The molecule has 1 saturated carbocycles. The lowest BCUT2D eigenvalue weighted by molar-refractivity contribution is -0.125. The van der Waals surface area contributed by atoms with Crippen LogP contribution in [0.1, 0.15) is 70.9 Å². The molecule has 1 fully saturated rings. The molecule has 0 spiro atoms. The predicted molar refractivity (Wildman–Crippen MR) is 177 cm³/mol. The third-order valence-electron chi connectivity index (χ3n) is 9.43. The van der Waals surface area contributed by atoms with Gasteiger partial charge >= 0.3 is 10.2 Å². The van der Waals surface area contributed by atoms with Crippen LogP contribution in [0, 0.1) is 12.8 Å². The first-order valence-corrected chi connectivity index (χ1v) is 17.3. The van der Waals surface area contributed by atoms with Gasteiger partial charge in [0.05, 0.1) is 36.7 Å². The smallest absolute Gasteiger partial charge is 0.303 e. The normalized spacial score (nSPS) is 17.0. The van der Waals surface area contributed by atoms with E-state index in [4.69, 9.17) is 4.74 Å². The quantitative estimate of drug-likeness (QED) is 0.292. The Balaban J connectivity index is 1.49. The van der Waals surface area contributed by atoms with E-state index in [9.17, 15) is 18.0 Å². The first-order valence-electron chi connectivity index (χ1n) is 15.8. The SMILES string of the molecule is COc1ccc2c(c1)CC(C(=O)NCc1cc(C)nn1C)Cn1c-2c(C2CCCCC2)c2ccc(C(=O)NS(=O)(=O)N(C)C)cc21. The van der Waals surface area contributed by atoms with E-state index in [-0.39, 0.29) is 11.5 Å². The molecule has 11 nitrogen and oxygen atoms in total. The number of carbonyl (C=O) groups excluding carboxylic acids is 2. The van der Waals surface area contributed by atoms with Crippen LogP contribution in [0.2, 0.25) is 0 Å². The average Bonchev–Trinajstić information content (AvgIpc) is 3.47. The van der Waals surface area contributed by atoms with Crippen molar-refractivity contribution in [3.8, 4) is 17.0 Å². The number of rotatable bonds is 8. The fourth-order valence-corrected chi connectivity index (χ4v) is 7.58. The lowest BCUT2D eigenvalue weighted by Crippen LogP contribution is -2.39. The number of methoxy groups -OCH3 is 1. The van der Waals surface area contributed by atoms with Gasteiger partial charge in [-0.05, 0) is 79.6 Å². The maximum absolute atomic E-state index is 13.9. The minimum atomic E-state index is -3.98. The Morgan fingerprint density at radius 3 is 2.50 bits per heavy atom. The van der Waals surface area contributed by atoms with Crippen molar-refractivity contribution in [3.05, 3.63) is 70.5 Å². The predicted octanol–water partition coefficient (Wildman–Crippen LogP) is 4.43. The summed E-state index contributed by atoms with van der Waals surface area (Å²) >= 11 is 0. The summed E-state index contributed by atoms with van der Waals surface area (Å²) in [5, 5.41) is 8.58. The molecule has 2 aromatic heterocycles. The van der Waals surface area contributed by atoms with Crippen LogP contribution in [0.25, 0.3) is 22.2 Å². The topological polar surface area (TPSA) is 128 Å². The number of hydrogen-bond acceptors (Lipinski definition) is 6. The van der Waals surface area contributed by atoms with Gasteiger partial charge < -0.3 is 14.6 Å².